The molecule has 18 heavy (non-hydrogen) atoms. The molecular formula is C15H24O3. The molecule has 0 amide bonds. The number of hydrogen-bond donors (Lipinski definition) is 2. The van der Waals surface area contributed by atoms with E-state index in [1.54, 1.807) is 0 Å². The van der Waals surface area contributed by atoms with Gasteiger partial charge in [0.25, 0.3) is 0 Å². The van der Waals surface area contributed by atoms with Gasteiger partial charge in [0.2, 0.25) is 0 Å². The van der Waals surface area contributed by atoms with E-state index in [9.17, 15) is 10.2 Å². The zero-order valence-electron chi connectivity index (χ0n) is 11.5. The van der Waals surface area contributed by atoms with E-state index >= 15 is 0 Å². The molecule has 0 bridgehead atoms. The molecule has 3 rings (SSSR count). The summed E-state index contributed by atoms with van der Waals surface area (Å²) in [6, 6.07) is 0. The third kappa shape index (κ3) is 1.60. The Morgan fingerprint density at radius 1 is 1.39 bits per heavy atom. The maximum atomic E-state index is 10.4. The molecule has 0 aromatic carbocycles. The summed E-state index contributed by atoms with van der Waals surface area (Å²) >= 11 is 0. The van der Waals surface area contributed by atoms with Gasteiger partial charge in [0.05, 0.1) is 24.4 Å². The van der Waals surface area contributed by atoms with Gasteiger partial charge in [0.15, 0.2) is 0 Å². The molecule has 1 saturated heterocycles. The van der Waals surface area contributed by atoms with Crippen molar-refractivity contribution < 1.29 is 14.9 Å². The van der Waals surface area contributed by atoms with Crippen molar-refractivity contribution in [1.82, 2.24) is 0 Å². The average molecular weight is 252 g/mol. The smallest absolute Gasteiger partial charge is 0.0908 e. The fourth-order valence-corrected chi connectivity index (χ4v) is 4.14. The Kier molecular flexibility index (Phi) is 2.68. The van der Waals surface area contributed by atoms with Crippen LogP contribution in [0, 0.1) is 17.3 Å². The van der Waals surface area contributed by atoms with Crippen molar-refractivity contribution in [3.8, 4) is 0 Å². The minimum atomic E-state index is -0.724. The summed E-state index contributed by atoms with van der Waals surface area (Å²) in [4.78, 5) is 0. The van der Waals surface area contributed by atoms with Crippen LogP contribution in [0.1, 0.15) is 40.0 Å². The minimum Gasteiger partial charge on any atom is -0.393 e. The molecule has 0 aromatic rings. The molecule has 2 N–H and O–H groups in total. The lowest BCUT2D eigenvalue weighted by atomic mass is 9.56. The second-order valence-electron chi connectivity index (χ2n) is 6.95. The largest absolute Gasteiger partial charge is 0.393 e. The molecular weight excluding hydrogens is 228 g/mol. The van der Waals surface area contributed by atoms with E-state index < -0.39 is 5.60 Å². The summed E-state index contributed by atoms with van der Waals surface area (Å²) in [5.74, 6) is 0.425. The Morgan fingerprint density at radius 3 is 2.83 bits per heavy atom. The summed E-state index contributed by atoms with van der Waals surface area (Å²) in [7, 11) is 0. The van der Waals surface area contributed by atoms with Crippen molar-refractivity contribution in [2.24, 2.45) is 17.3 Å². The number of hydrogen-bond acceptors (Lipinski definition) is 3. The third-order valence-corrected chi connectivity index (χ3v) is 5.80. The molecule has 1 heterocycles. The Bertz CT molecular complexity index is 387. The topological polar surface area (TPSA) is 49.7 Å². The summed E-state index contributed by atoms with van der Waals surface area (Å²) in [5, 5.41) is 20.6. The molecule has 2 fully saturated rings. The van der Waals surface area contributed by atoms with Crippen LogP contribution in [-0.2, 0) is 4.74 Å². The number of allylic oxidation sites excluding steroid dienone is 1. The van der Waals surface area contributed by atoms with Crippen molar-refractivity contribution in [2.45, 2.75) is 57.8 Å². The van der Waals surface area contributed by atoms with E-state index in [4.69, 9.17) is 4.74 Å². The molecule has 2 aliphatic carbocycles. The number of aliphatic hydroxyl groups is 2. The number of fused-ring (bicyclic) bond motifs is 2. The lowest BCUT2D eigenvalue weighted by molar-refractivity contribution is -0.0312. The van der Waals surface area contributed by atoms with Crippen LogP contribution in [0.4, 0.5) is 0 Å². The molecule has 3 aliphatic rings. The van der Waals surface area contributed by atoms with Gasteiger partial charge < -0.3 is 14.9 Å². The van der Waals surface area contributed by atoms with Gasteiger partial charge in [0.1, 0.15) is 0 Å². The zero-order valence-corrected chi connectivity index (χ0v) is 11.5. The fourth-order valence-electron chi connectivity index (χ4n) is 4.14. The normalized spacial score (nSPS) is 55.7. The summed E-state index contributed by atoms with van der Waals surface area (Å²) in [5.41, 5.74) is 0.730. The highest BCUT2D eigenvalue weighted by Gasteiger charge is 2.54. The average Bonchev–Trinajstić information content (AvgIpc) is 2.59. The van der Waals surface area contributed by atoms with Gasteiger partial charge in [-0.2, -0.15) is 0 Å². The van der Waals surface area contributed by atoms with Crippen LogP contribution in [-0.4, -0.2) is 34.6 Å². The van der Waals surface area contributed by atoms with E-state index in [1.165, 1.54) is 5.57 Å². The SMILES string of the molecule is CC1C(O)CCC2=CC3OCC(C)(O)C3CC21C. The predicted octanol–water partition coefficient (Wildman–Crippen LogP) is 1.88. The van der Waals surface area contributed by atoms with Crippen molar-refractivity contribution in [3.63, 3.8) is 0 Å². The monoisotopic (exact) mass is 252 g/mol. The molecule has 0 spiro atoms. The molecule has 0 aromatic heterocycles. The predicted molar refractivity (Wildman–Crippen MR) is 69.1 cm³/mol. The number of ether oxygens (including phenoxy) is 1. The molecule has 6 unspecified atom stereocenters. The third-order valence-electron chi connectivity index (χ3n) is 5.80. The summed E-state index contributed by atoms with van der Waals surface area (Å²) in [6.45, 7) is 6.70. The van der Waals surface area contributed by atoms with Crippen molar-refractivity contribution in [2.75, 3.05) is 6.61 Å². The Labute approximate surface area is 109 Å². The molecule has 0 radical (unpaired) electrons. The van der Waals surface area contributed by atoms with E-state index in [-0.39, 0.29) is 29.5 Å². The number of aliphatic hydroxyl groups excluding tert-OH is 1. The van der Waals surface area contributed by atoms with Crippen molar-refractivity contribution >= 4 is 0 Å². The highest BCUT2D eigenvalue weighted by atomic mass is 16.5. The highest BCUT2D eigenvalue weighted by Crippen LogP contribution is 2.55. The van der Waals surface area contributed by atoms with E-state index in [1.807, 2.05) is 6.92 Å². The van der Waals surface area contributed by atoms with Gasteiger partial charge in [-0.3, -0.25) is 0 Å². The highest BCUT2D eigenvalue weighted by molar-refractivity contribution is 5.27. The van der Waals surface area contributed by atoms with E-state index in [2.05, 4.69) is 19.9 Å². The Balaban J connectivity index is 1.97. The standard InChI is InChI=1S/C15H24O3/c1-9-12(16)5-4-10-6-13-11(7-14(9,10)2)15(3,17)8-18-13/h6,9,11-13,16-17H,4-5,7-8H2,1-3H3. The molecule has 1 saturated carbocycles. The second-order valence-corrected chi connectivity index (χ2v) is 6.95. The minimum absolute atomic E-state index is 0.0243. The van der Waals surface area contributed by atoms with Crippen LogP contribution in [0.2, 0.25) is 0 Å². The van der Waals surface area contributed by atoms with Crippen LogP contribution in [0.3, 0.4) is 0 Å². The maximum Gasteiger partial charge on any atom is 0.0908 e. The summed E-state index contributed by atoms with van der Waals surface area (Å²) in [6.07, 6.45) is 4.85. The van der Waals surface area contributed by atoms with Gasteiger partial charge in [-0.25, -0.2) is 0 Å². The van der Waals surface area contributed by atoms with Crippen molar-refractivity contribution in [1.29, 1.82) is 0 Å². The fraction of sp³-hybridized carbons (Fsp3) is 0.867. The first-order valence-electron chi connectivity index (χ1n) is 7.08. The van der Waals surface area contributed by atoms with Crippen LogP contribution in [0.25, 0.3) is 0 Å². The number of rotatable bonds is 0. The van der Waals surface area contributed by atoms with Gasteiger partial charge in [-0.1, -0.05) is 25.5 Å². The first kappa shape index (κ1) is 12.6. The van der Waals surface area contributed by atoms with E-state index in [0.717, 1.165) is 19.3 Å². The second kappa shape index (κ2) is 3.81. The van der Waals surface area contributed by atoms with Crippen LogP contribution >= 0.6 is 0 Å². The van der Waals surface area contributed by atoms with Crippen LogP contribution < -0.4 is 0 Å². The first-order valence-corrected chi connectivity index (χ1v) is 7.08. The Morgan fingerprint density at radius 2 is 2.11 bits per heavy atom. The molecule has 1 aliphatic heterocycles. The quantitative estimate of drug-likeness (QED) is 0.647. The van der Waals surface area contributed by atoms with Crippen LogP contribution in [0.15, 0.2) is 11.6 Å². The maximum absolute atomic E-state index is 10.4. The van der Waals surface area contributed by atoms with Gasteiger partial charge in [-0.15, -0.1) is 0 Å². The van der Waals surface area contributed by atoms with Crippen LogP contribution in [0.5, 0.6) is 0 Å². The lowest BCUT2D eigenvalue weighted by Gasteiger charge is -2.50. The Hall–Kier alpha value is -0.380. The summed E-state index contributed by atoms with van der Waals surface area (Å²) < 4.78 is 5.74. The van der Waals surface area contributed by atoms with Gasteiger partial charge >= 0.3 is 0 Å². The molecule has 3 nitrogen and oxygen atoms in total. The van der Waals surface area contributed by atoms with Crippen molar-refractivity contribution in [3.05, 3.63) is 11.6 Å². The molecule has 102 valence electrons. The lowest BCUT2D eigenvalue weighted by Crippen LogP contribution is -2.48. The van der Waals surface area contributed by atoms with Gasteiger partial charge in [0, 0.05) is 5.92 Å². The molecule has 3 heteroatoms. The first-order chi connectivity index (χ1) is 8.34. The molecule has 6 atom stereocenters. The van der Waals surface area contributed by atoms with Gasteiger partial charge in [-0.05, 0) is 37.5 Å². The zero-order chi connectivity index (χ0) is 13.1. The van der Waals surface area contributed by atoms with E-state index in [0.29, 0.717) is 6.61 Å².